The smallest absolute Gasteiger partial charge is 0.348 e. The Kier molecular flexibility index (Phi) is 7.87. The van der Waals surface area contributed by atoms with E-state index in [0.717, 1.165) is 12.8 Å². The van der Waals surface area contributed by atoms with Gasteiger partial charge in [0.25, 0.3) is 5.60 Å². The highest BCUT2D eigenvalue weighted by atomic mass is 35.5. The molecule has 14 heteroatoms. The van der Waals surface area contributed by atoms with Crippen molar-refractivity contribution in [1.82, 2.24) is 19.5 Å². The molecular weight excluding hydrogens is 558 g/mol. The third kappa shape index (κ3) is 5.20. The van der Waals surface area contributed by atoms with E-state index in [1.165, 1.54) is 17.3 Å². The molecule has 0 spiro atoms. The molecule has 2 aromatic heterocycles. The third-order valence-electron chi connectivity index (χ3n) is 7.67. The number of carbonyl (C=O) groups is 2. The Balaban J connectivity index is 1.42. The number of aliphatic hydroxyl groups is 2. The molecule has 0 bridgehead atoms. The summed E-state index contributed by atoms with van der Waals surface area (Å²) in [5.74, 6) is -0.530. The molecule has 4 atom stereocenters. The Morgan fingerprint density at radius 1 is 1.24 bits per heavy atom. The number of imidazole rings is 1. The number of benzene rings is 1. The highest BCUT2D eigenvalue weighted by Crippen LogP contribution is 2.40. The summed E-state index contributed by atoms with van der Waals surface area (Å²) >= 11 is 6.18. The number of nitrogens with one attached hydrogen (secondary N) is 1. The van der Waals surface area contributed by atoms with Gasteiger partial charge in [-0.1, -0.05) is 42.7 Å². The van der Waals surface area contributed by atoms with E-state index in [0.29, 0.717) is 29.4 Å². The fraction of sp³-hybridized carbons (Fsp3) is 0.444. The van der Waals surface area contributed by atoms with E-state index in [1.807, 2.05) is 0 Å². The molecule has 5 N–H and O–H groups in total. The maximum Gasteiger partial charge on any atom is 0.348 e. The second-order valence-electron chi connectivity index (χ2n) is 10.2. The van der Waals surface area contributed by atoms with Crippen molar-refractivity contribution in [1.29, 1.82) is 0 Å². The van der Waals surface area contributed by atoms with Crippen molar-refractivity contribution >= 4 is 40.5 Å². The van der Waals surface area contributed by atoms with E-state index >= 15 is 0 Å². The van der Waals surface area contributed by atoms with E-state index < -0.39 is 54.6 Å². The first kappa shape index (κ1) is 28.7. The average molecular weight is 586 g/mol. The summed E-state index contributed by atoms with van der Waals surface area (Å²) in [6, 6.07) is 8.06. The Hall–Kier alpha value is -3.80. The summed E-state index contributed by atoms with van der Waals surface area (Å²) in [4.78, 5) is 37.2. The predicted octanol–water partition coefficient (Wildman–Crippen LogP) is 1.48. The first-order valence-corrected chi connectivity index (χ1v) is 13.3. The van der Waals surface area contributed by atoms with Crippen molar-refractivity contribution in [3.05, 3.63) is 47.5 Å². The van der Waals surface area contributed by atoms with Crippen LogP contribution in [0.15, 0.2) is 36.7 Å². The van der Waals surface area contributed by atoms with Crippen LogP contribution in [0.25, 0.3) is 11.2 Å². The van der Waals surface area contributed by atoms with Crippen molar-refractivity contribution < 1.29 is 39.5 Å². The molecule has 2 fully saturated rings. The predicted molar refractivity (Wildman–Crippen MR) is 144 cm³/mol. The number of terminal acetylenes is 1. The maximum atomic E-state index is 12.2. The largest absolute Gasteiger partial charge is 0.479 e. The Labute approximate surface area is 239 Å². The topological polar surface area (TPSA) is 189 Å². The summed E-state index contributed by atoms with van der Waals surface area (Å²) in [5, 5.41) is 45.3. The van der Waals surface area contributed by atoms with Crippen LogP contribution in [0.2, 0.25) is 5.28 Å². The van der Waals surface area contributed by atoms with Crippen molar-refractivity contribution in [2.45, 2.75) is 55.3 Å². The summed E-state index contributed by atoms with van der Waals surface area (Å²) in [6.45, 7) is -0.109. The van der Waals surface area contributed by atoms with Gasteiger partial charge in [-0.25, -0.2) is 14.6 Å². The van der Waals surface area contributed by atoms with Gasteiger partial charge in [0.15, 0.2) is 28.8 Å². The van der Waals surface area contributed by atoms with Gasteiger partial charge in [-0.3, -0.25) is 4.57 Å². The van der Waals surface area contributed by atoms with E-state index in [2.05, 4.69) is 26.2 Å². The highest BCUT2D eigenvalue weighted by molar-refractivity contribution is 6.28. The van der Waals surface area contributed by atoms with E-state index in [1.54, 1.807) is 30.3 Å². The van der Waals surface area contributed by atoms with Gasteiger partial charge in [0, 0.05) is 13.0 Å². The minimum absolute atomic E-state index is 0.0939. The number of hydrogen-bond acceptors (Lipinski definition) is 10. The summed E-state index contributed by atoms with van der Waals surface area (Å²) < 4.78 is 12.7. The van der Waals surface area contributed by atoms with Gasteiger partial charge in [-0.05, 0) is 35.9 Å². The van der Waals surface area contributed by atoms with Crippen molar-refractivity contribution in [3.63, 3.8) is 0 Å². The zero-order valence-corrected chi connectivity index (χ0v) is 22.4. The number of carboxylic acid groups (broad SMARTS) is 2. The van der Waals surface area contributed by atoms with Gasteiger partial charge in [-0.2, -0.15) is 9.97 Å². The average Bonchev–Trinajstić information content (AvgIpc) is 3.44. The molecule has 1 saturated heterocycles. The number of rotatable bonds is 11. The van der Waals surface area contributed by atoms with Gasteiger partial charge in [0.1, 0.15) is 12.2 Å². The molecule has 1 aliphatic heterocycles. The van der Waals surface area contributed by atoms with E-state index in [9.17, 15) is 30.0 Å². The molecule has 3 aromatic rings. The number of carboxylic acids is 2. The normalized spacial score (nSPS) is 24.6. The molecule has 1 aromatic carbocycles. The van der Waals surface area contributed by atoms with Gasteiger partial charge >= 0.3 is 11.9 Å². The molecule has 0 radical (unpaired) electrons. The first-order valence-electron chi connectivity index (χ1n) is 12.9. The SMILES string of the molecule is C#C[C@@]1(O)[C@@H](COC(Cc2ccccc2)(C(=O)O)C(=O)O)O[C@@H](n2cnc3c(NCC4CCC4)nc(Cl)nc32)[C@@H]1O. The summed E-state index contributed by atoms with van der Waals surface area (Å²) in [6.07, 6.45) is 5.10. The van der Waals surface area contributed by atoms with Crippen LogP contribution in [0, 0.1) is 18.3 Å². The highest BCUT2D eigenvalue weighted by Gasteiger charge is 2.58. The number of aliphatic hydroxyl groups excluding tert-OH is 1. The minimum Gasteiger partial charge on any atom is -0.479 e. The zero-order chi connectivity index (χ0) is 29.4. The molecule has 13 nitrogen and oxygen atoms in total. The van der Waals surface area contributed by atoms with Crippen molar-refractivity contribution in [2.24, 2.45) is 5.92 Å². The molecule has 216 valence electrons. The first-order chi connectivity index (χ1) is 19.6. The number of aromatic nitrogens is 4. The van der Waals surface area contributed by atoms with Crippen LogP contribution < -0.4 is 5.32 Å². The van der Waals surface area contributed by atoms with E-state index in [-0.39, 0.29) is 10.9 Å². The maximum absolute atomic E-state index is 12.2. The number of fused-ring (bicyclic) bond motifs is 1. The third-order valence-corrected chi connectivity index (χ3v) is 7.83. The van der Waals surface area contributed by atoms with Crippen LogP contribution in [-0.4, -0.2) is 88.4 Å². The van der Waals surface area contributed by atoms with Gasteiger partial charge in [0.05, 0.1) is 12.9 Å². The number of ether oxygens (including phenoxy) is 2. The molecule has 1 aliphatic carbocycles. The zero-order valence-electron chi connectivity index (χ0n) is 21.7. The van der Waals surface area contributed by atoms with Crippen LogP contribution >= 0.6 is 11.6 Å². The van der Waals surface area contributed by atoms with Crippen LogP contribution in [0.4, 0.5) is 5.82 Å². The number of anilines is 1. The van der Waals surface area contributed by atoms with Gasteiger partial charge in [-0.15, -0.1) is 6.42 Å². The van der Waals surface area contributed by atoms with Crippen molar-refractivity contribution in [2.75, 3.05) is 18.5 Å². The fourth-order valence-corrected chi connectivity index (χ4v) is 5.14. The molecule has 0 unspecified atom stereocenters. The van der Waals surface area contributed by atoms with Crippen LogP contribution in [0.5, 0.6) is 0 Å². The lowest BCUT2D eigenvalue weighted by atomic mass is 9.85. The molecule has 5 rings (SSSR count). The molecular formula is C27H28ClN5O8. The van der Waals surface area contributed by atoms with Crippen LogP contribution in [-0.2, 0) is 25.5 Å². The standard InChI is InChI=1S/C27H28ClN5O8/c1-2-26(39)17(13-40-27(23(35)36,24(37)38)11-15-7-4-3-5-8-15)41-22(19(26)34)33-14-30-18-20(29-12-16-9-6-10-16)31-25(28)32-21(18)33/h1,3-5,7-8,14,16-17,19,22,34,39H,6,9-13H2,(H,35,36)(H,37,38)(H,29,31,32)/t17-,19+,22-,26-/m1/s1. The number of hydrogen-bond donors (Lipinski definition) is 5. The minimum atomic E-state index is -2.73. The Morgan fingerprint density at radius 3 is 2.56 bits per heavy atom. The second kappa shape index (κ2) is 11.2. The monoisotopic (exact) mass is 585 g/mol. The molecule has 2 aliphatic rings. The lowest BCUT2D eigenvalue weighted by Gasteiger charge is -2.30. The molecule has 1 saturated carbocycles. The molecule has 0 amide bonds. The fourth-order valence-electron chi connectivity index (χ4n) is 4.97. The Morgan fingerprint density at radius 2 is 1.95 bits per heavy atom. The second-order valence-corrected chi connectivity index (χ2v) is 10.5. The van der Waals surface area contributed by atoms with Crippen LogP contribution in [0.1, 0.15) is 31.1 Å². The van der Waals surface area contributed by atoms with Crippen LogP contribution in [0.3, 0.4) is 0 Å². The quantitative estimate of drug-likeness (QED) is 0.124. The summed E-state index contributed by atoms with van der Waals surface area (Å²) in [5.41, 5.74) is -4.21. The van der Waals surface area contributed by atoms with Gasteiger partial charge in [0.2, 0.25) is 5.28 Å². The number of halogens is 1. The molecule has 3 heterocycles. The summed E-state index contributed by atoms with van der Waals surface area (Å²) in [7, 11) is 0. The van der Waals surface area contributed by atoms with E-state index in [4.69, 9.17) is 27.5 Å². The lowest BCUT2D eigenvalue weighted by molar-refractivity contribution is -0.191. The number of aliphatic carboxylic acids is 2. The van der Waals surface area contributed by atoms with Crippen molar-refractivity contribution in [3.8, 4) is 12.3 Å². The lowest BCUT2D eigenvalue weighted by Crippen LogP contribution is -2.55. The van der Waals surface area contributed by atoms with Gasteiger partial charge < -0.3 is 35.2 Å². The Bertz CT molecular complexity index is 1480. The number of nitrogens with zero attached hydrogens (tertiary/aromatic N) is 4. The molecule has 41 heavy (non-hydrogen) atoms.